The highest BCUT2D eigenvalue weighted by atomic mass is 16.3. The third-order valence-corrected chi connectivity index (χ3v) is 2.39. The summed E-state index contributed by atoms with van der Waals surface area (Å²) in [7, 11) is 0. The van der Waals surface area contributed by atoms with Crippen molar-refractivity contribution in [3.63, 3.8) is 0 Å². The van der Waals surface area contributed by atoms with E-state index in [4.69, 9.17) is 0 Å². The monoisotopic (exact) mass is 156 g/mol. The van der Waals surface area contributed by atoms with Crippen LogP contribution in [0.4, 0.5) is 0 Å². The molecule has 0 unspecified atom stereocenters. The second kappa shape index (κ2) is 2.78. The minimum atomic E-state index is -0.321. The standard InChI is InChI=1S/C10H20O/c1-9(2,3)8-10(11)6-4-5-7-10/h11H,4-8H2,1-3H3. The Morgan fingerprint density at radius 2 is 1.64 bits per heavy atom. The minimum Gasteiger partial charge on any atom is -0.390 e. The molecule has 0 saturated heterocycles. The topological polar surface area (TPSA) is 20.2 Å². The molecule has 1 saturated carbocycles. The zero-order valence-corrected chi connectivity index (χ0v) is 7.98. The molecular weight excluding hydrogens is 136 g/mol. The summed E-state index contributed by atoms with van der Waals surface area (Å²) in [6, 6.07) is 0. The molecule has 1 rings (SSSR count). The molecule has 0 aliphatic heterocycles. The van der Waals surface area contributed by atoms with E-state index in [1.54, 1.807) is 0 Å². The van der Waals surface area contributed by atoms with Crippen LogP contribution in [0.15, 0.2) is 0 Å². The molecule has 0 heterocycles. The van der Waals surface area contributed by atoms with Crippen LogP contribution in [0.2, 0.25) is 0 Å². The molecule has 0 spiro atoms. The lowest BCUT2D eigenvalue weighted by Gasteiger charge is -2.30. The third kappa shape index (κ3) is 2.82. The van der Waals surface area contributed by atoms with E-state index in [1.165, 1.54) is 12.8 Å². The molecule has 0 radical (unpaired) electrons. The average Bonchev–Trinajstić information content (AvgIpc) is 2.09. The highest BCUT2D eigenvalue weighted by Crippen LogP contribution is 2.38. The van der Waals surface area contributed by atoms with Crippen LogP contribution >= 0.6 is 0 Å². The Labute approximate surface area is 69.8 Å². The maximum Gasteiger partial charge on any atom is 0.0652 e. The van der Waals surface area contributed by atoms with Gasteiger partial charge in [-0.25, -0.2) is 0 Å². The van der Waals surface area contributed by atoms with Gasteiger partial charge in [-0.3, -0.25) is 0 Å². The van der Waals surface area contributed by atoms with Gasteiger partial charge in [0.1, 0.15) is 0 Å². The van der Waals surface area contributed by atoms with Gasteiger partial charge in [-0.15, -0.1) is 0 Å². The van der Waals surface area contributed by atoms with Crippen molar-refractivity contribution in [3.8, 4) is 0 Å². The van der Waals surface area contributed by atoms with E-state index in [0.29, 0.717) is 0 Å². The maximum atomic E-state index is 10.0. The average molecular weight is 156 g/mol. The summed E-state index contributed by atoms with van der Waals surface area (Å²) < 4.78 is 0. The van der Waals surface area contributed by atoms with Crippen LogP contribution in [0.1, 0.15) is 52.9 Å². The lowest BCUT2D eigenvalue weighted by atomic mass is 9.81. The molecule has 66 valence electrons. The Bertz CT molecular complexity index is 126. The fraction of sp³-hybridized carbons (Fsp3) is 1.00. The van der Waals surface area contributed by atoms with Gasteiger partial charge in [-0.1, -0.05) is 33.6 Å². The fourth-order valence-corrected chi connectivity index (χ4v) is 2.20. The van der Waals surface area contributed by atoms with Crippen molar-refractivity contribution in [2.24, 2.45) is 5.41 Å². The first-order chi connectivity index (χ1) is 4.91. The van der Waals surface area contributed by atoms with Gasteiger partial charge in [0.25, 0.3) is 0 Å². The van der Waals surface area contributed by atoms with Crippen molar-refractivity contribution < 1.29 is 5.11 Å². The second-order valence-electron chi connectivity index (χ2n) is 5.17. The molecule has 0 aromatic heterocycles. The van der Waals surface area contributed by atoms with E-state index < -0.39 is 0 Å². The van der Waals surface area contributed by atoms with E-state index >= 15 is 0 Å². The summed E-state index contributed by atoms with van der Waals surface area (Å²) >= 11 is 0. The highest BCUT2D eigenvalue weighted by molar-refractivity contribution is 4.87. The molecular formula is C10H20O. The summed E-state index contributed by atoms with van der Waals surface area (Å²) in [4.78, 5) is 0. The van der Waals surface area contributed by atoms with Gasteiger partial charge in [-0.05, 0) is 24.7 Å². The first-order valence-corrected chi connectivity index (χ1v) is 4.64. The van der Waals surface area contributed by atoms with E-state index in [2.05, 4.69) is 20.8 Å². The van der Waals surface area contributed by atoms with Crippen molar-refractivity contribution >= 4 is 0 Å². The van der Waals surface area contributed by atoms with Crippen molar-refractivity contribution in [1.82, 2.24) is 0 Å². The smallest absolute Gasteiger partial charge is 0.0652 e. The lowest BCUT2D eigenvalue weighted by Crippen LogP contribution is -2.30. The van der Waals surface area contributed by atoms with Gasteiger partial charge in [0.2, 0.25) is 0 Å². The SMILES string of the molecule is CC(C)(C)CC1(O)CCCC1. The summed E-state index contributed by atoms with van der Waals surface area (Å²) in [5, 5.41) is 10.0. The number of hydrogen-bond donors (Lipinski definition) is 1. The Morgan fingerprint density at radius 1 is 1.18 bits per heavy atom. The molecule has 1 aliphatic carbocycles. The maximum absolute atomic E-state index is 10.0. The predicted octanol–water partition coefficient (Wildman–Crippen LogP) is 2.73. The van der Waals surface area contributed by atoms with Crippen LogP contribution in [-0.2, 0) is 0 Å². The molecule has 1 heteroatoms. The molecule has 0 aromatic rings. The van der Waals surface area contributed by atoms with Crippen molar-refractivity contribution in [2.45, 2.75) is 58.5 Å². The first-order valence-electron chi connectivity index (χ1n) is 4.64. The Kier molecular flexibility index (Phi) is 2.29. The largest absolute Gasteiger partial charge is 0.390 e. The summed E-state index contributed by atoms with van der Waals surface area (Å²) in [6.45, 7) is 6.59. The molecule has 0 amide bonds. The zero-order chi connectivity index (χ0) is 8.54. The minimum absolute atomic E-state index is 0.277. The van der Waals surface area contributed by atoms with Gasteiger partial charge >= 0.3 is 0 Å². The van der Waals surface area contributed by atoms with Gasteiger partial charge in [0.15, 0.2) is 0 Å². The third-order valence-electron chi connectivity index (χ3n) is 2.39. The molecule has 0 bridgehead atoms. The van der Waals surface area contributed by atoms with Crippen molar-refractivity contribution in [1.29, 1.82) is 0 Å². The van der Waals surface area contributed by atoms with Crippen LogP contribution in [0.25, 0.3) is 0 Å². The number of rotatable bonds is 1. The molecule has 0 aromatic carbocycles. The van der Waals surface area contributed by atoms with Gasteiger partial charge in [0.05, 0.1) is 5.60 Å². The molecule has 1 N–H and O–H groups in total. The van der Waals surface area contributed by atoms with E-state index in [-0.39, 0.29) is 11.0 Å². The quantitative estimate of drug-likeness (QED) is 0.619. The van der Waals surface area contributed by atoms with Crippen LogP contribution in [0.3, 0.4) is 0 Å². The highest BCUT2D eigenvalue weighted by Gasteiger charge is 2.34. The first kappa shape index (κ1) is 9.05. The molecule has 11 heavy (non-hydrogen) atoms. The summed E-state index contributed by atoms with van der Waals surface area (Å²) in [5.41, 5.74) is -0.0443. The molecule has 1 fully saturated rings. The zero-order valence-electron chi connectivity index (χ0n) is 7.98. The van der Waals surface area contributed by atoms with Crippen LogP contribution in [0.5, 0.6) is 0 Å². The molecule has 1 nitrogen and oxygen atoms in total. The van der Waals surface area contributed by atoms with Crippen LogP contribution in [0, 0.1) is 5.41 Å². The van der Waals surface area contributed by atoms with E-state index in [0.717, 1.165) is 19.3 Å². The van der Waals surface area contributed by atoms with Gasteiger partial charge in [0, 0.05) is 0 Å². The Hall–Kier alpha value is -0.0400. The molecule has 1 aliphatic rings. The summed E-state index contributed by atoms with van der Waals surface area (Å²) in [6.07, 6.45) is 5.42. The fourth-order valence-electron chi connectivity index (χ4n) is 2.20. The number of aliphatic hydroxyl groups is 1. The van der Waals surface area contributed by atoms with Crippen LogP contribution in [-0.4, -0.2) is 10.7 Å². The van der Waals surface area contributed by atoms with E-state index in [9.17, 15) is 5.11 Å². The normalized spacial score (nSPS) is 24.0. The Balaban J connectivity index is 2.46. The van der Waals surface area contributed by atoms with Crippen molar-refractivity contribution in [2.75, 3.05) is 0 Å². The Morgan fingerprint density at radius 3 is 2.00 bits per heavy atom. The van der Waals surface area contributed by atoms with Crippen LogP contribution < -0.4 is 0 Å². The van der Waals surface area contributed by atoms with Gasteiger partial charge in [-0.2, -0.15) is 0 Å². The summed E-state index contributed by atoms with van der Waals surface area (Å²) in [5.74, 6) is 0. The second-order valence-corrected chi connectivity index (χ2v) is 5.17. The van der Waals surface area contributed by atoms with Gasteiger partial charge < -0.3 is 5.11 Å². The number of hydrogen-bond acceptors (Lipinski definition) is 1. The van der Waals surface area contributed by atoms with Crippen molar-refractivity contribution in [3.05, 3.63) is 0 Å². The molecule has 0 atom stereocenters. The van der Waals surface area contributed by atoms with E-state index in [1.807, 2.05) is 0 Å². The lowest BCUT2D eigenvalue weighted by molar-refractivity contribution is 0.00830. The predicted molar refractivity (Wildman–Crippen MR) is 47.5 cm³/mol.